The van der Waals surface area contributed by atoms with Crippen LogP contribution in [0.15, 0.2) is 24.3 Å². The van der Waals surface area contributed by atoms with Gasteiger partial charge in [-0.3, -0.25) is 4.79 Å². The Morgan fingerprint density at radius 2 is 2.08 bits per heavy atom. The summed E-state index contributed by atoms with van der Waals surface area (Å²) in [6, 6.07) is 8.23. The molecule has 0 unspecified atom stereocenters. The van der Waals surface area contributed by atoms with Crippen LogP contribution in [0.1, 0.15) is 38.2 Å². The highest BCUT2D eigenvalue weighted by Gasteiger charge is 2.46. The van der Waals surface area contributed by atoms with Gasteiger partial charge < -0.3 is 14.4 Å². The van der Waals surface area contributed by atoms with Crippen LogP contribution in [-0.4, -0.2) is 40.2 Å². The van der Waals surface area contributed by atoms with Gasteiger partial charge in [0.25, 0.3) is 0 Å². The molecule has 1 heterocycles. The molecule has 0 spiro atoms. The number of thioether (sulfide) groups is 1. The summed E-state index contributed by atoms with van der Waals surface area (Å²) in [6.07, 6.45) is 4.05. The third kappa shape index (κ3) is 4.29. The monoisotopic (exact) mass is 379 g/mol. The summed E-state index contributed by atoms with van der Waals surface area (Å²) in [6.45, 7) is 3.20. The summed E-state index contributed by atoms with van der Waals surface area (Å²) in [5.41, 5.74) is 1.14. The second kappa shape index (κ2) is 8.41. The molecule has 4 nitrogen and oxygen atoms in total. The largest absolute Gasteiger partial charge is 0.497 e. The molecule has 2 fully saturated rings. The van der Waals surface area contributed by atoms with Crippen molar-refractivity contribution in [1.82, 2.24) is 4.90 Å². The van der Waals surface area contributed by atoms with Gasteiger partial charge in [-0.25, -0.2) is 0 Å². The molecule has 3 atom stereocenters. The summed E-state index contributed by atoms with van der Waals surface area (Å²) in [4.78, 5) is 14.7. The number of likely N-dealkylation sites (tertiary alicyclic amines) is 1. The first-order valence-electron chi connectivity index (χ1n) is 8.88. The molecule has 0 aromatic heterocycles. The molecule has 1 aliphatic heterocycles. The number of methoxy groups -OCH3 is 1. The van der Waals surface area contributed by atoms with E-state index in [9.17, 15) is 4.79 Å². The number of ether oxygens (including phenoxy) is 2. The highest BCUT2D eigenvalue weighted by atomic mass is 32.2. The lowest BCUT2D eigenvalue weighted by molar-refractivity contribution is -0.129. The van der Waals surface area contributed by atoms with E-state index in [-0.39, 0.29) is 11.9 Å². The van der Waals surface area contributed by atoms with Crippen molar-refractivity contribution in [2.75, 3.05) is 13.7 Å². The maximum absolute atomic E-state index is 12.7. The van der Waals surface area contributed by atoms with Gasteiger partial charge in [0.05, 0.1) is 13.7 Å². The number of rotatable bonds is 5. The van der Waals surface area contributed by atoms with E-state index >= 15 is 0 Å². The number of carbonyl (C=O) groups is 1. The number of hydrogen-bond donors (Lipinski definition) is 0. The van der Waals surface area contributed by atoms with Gasteiger partial charge in [0.15, 0.2) is 0 Å². The van der Waals surface area contributed by atoms with Crippen LogP contribution in [0.5, 0.6) is 5.75 Å². The highest BCUT2D eigenvalue weighted by Crippen LogP contribution is 2.43. The SMILES string of the molecule is CCOC(=S)S[C@@H]1CCC[C@H]2CC(=O)N(Cc3ccc(OC)cc3)[C@H]21. The normalized spacial score (nSPS) is 25.6. The molecule has 3 rings (SSSR count). The van der Waals surface area contributed by atoms with Gasteiger partial charge in [-0.15, -0.1) is 0 Å². The fourth-order valence-corrected chi connectivity index (χ4v) is 5.65. The zero-order valence-electron chi connectivity index (χ0n) is 14.8. The zero-order chi connectivity index (χ0) is 17.8. The summed E-state index contributed by atoms with van der Waals surface area (Å²) < 4.78 is 11.3. The summed E-state index contributed by atoms with van der Waals surface area (Å²) in [5.74, 6) is 1.55. The van der Waals surface area contributed by atoms with Crippen LogP contribution >= 0.6 is 24.0 Å². The Morgan fingerprint density at radius 1 is 1.32 bits per heavy atom. The summed E-state index contributed by atoms with van der Waals surface area (Å²) >= 11 is 6.98. The molecule has 1 amide bonds. The Morgan fingerprint density at radius 3 is 2.76 bits per heavy atom. The number of hydrogen-bond acceptors (Lipinski definition) is 5. The predicted octanol–water partition coefficient (Wildman–Crippen LogP) is 4.02. The van der Waals surface area contributed by atoms with E-state index in [2.05, 4.69) is 4.90 Å². The lowest BCUT2D eigenvalue weighted by atomic mass is 9.84. The summed E-state index contributed by atoms with van der Waals surface area (Å²) in [7, 11) is 1.66. The molecule has 2 aliphatic rings. The molecule has 1 aromatic rings. The quantitative estimate of drug-likeness (QED) is 0.723. The van der Waals surface area contributed by atoms with E-state index in [1.807, 2.05) is 31.2 Å². The molecular weight excluding hydrogens is 354 g/mol. The van der Waals surface area contributed by atoms with Crippen LogP contribution in [0, 0.1) is 5.92 Å². The standard InChI is InChI=1S/C19H25NO3S2/c1-3-23-19(24)25-16-6-4-5-14-11-17(21)20(18(14)16)12-13-7-9-15(22-2)10-8-13/h7-10,14,16,18H,3-6,11-12H2,1-2H3/t14-,16+,18+/m0/s1. The smallest absolute Gasteiger partial charge is 0.223 e. The Labute approximate surface area is 159 Å². The van der Waals surface area contributed by atoms with Gasteiger partial charge in [0, 0.05) is 24.3 Å². The van der Waals surface area contributed by atoms with Gasteiger partial charge in [-0.05, 0) is 55.6 Å². The number of fused-ring (bicyclic) bond motifs is 1. The lowest BCUT2D eigenvalue weighted by Crippen LogP contribution is -2.44. The van der Waals surface area contributed by atoms with Crippen LogP contribution in [0.3, 0.4) is 0 Å². The van der Waals surface area contributed by atoms with Crippen molar-refractivity contribution in [2.45, 2.75) is 50.4 Å². The van der Waals surface area contributed by atoms with Crippen molar-refractivity contribution in [3.05, 3.63) is 29.8 Å². The lowest BCUT2D eigenvalue weighted by Gasteiger charge is -2.38. The molecule has 0 radical (unpaired) electrons. The van der Waals surface area contributed by atoms with E-state index in [0.29, 0.717) is 35.1 Å². The van der Waals surface area contributed by atoms with Gasteiger partial charge in [0.1, 0.15) is 5.75 Å². The minimum absolute atomic E-state index is 0.256. The first kappa shape index (κ1) is 18.5. The van der Waals surface area contributed by atoms with E-state index < -0.39 is 0 Å². The fraction of sp³-hybridized carbons (Fsp3) is 0.579. The van der Waals surface area contributed by atoms with Crippen molar-refractivity contribution in [3.63, 3.8) is 0 Å². The van der Waals surface area contributed by atoms with Crippen molar-refractivity contribution in [3.8, 4) is 5.75 Å². The van der Waals surface area contributed by atoms with Crippen LogP contribution in [0.4, 0.5) is 0 Å². The van der Waals surface area contributed by atoms with E-state index in [0.717, 1.165) is 30.6 Å². The van der Waals surface area contributed by atoms with Crippen molar-refractivity contribution in [2.24, 2.45) is 5.92 Å². The minimum atomic E-state index is 0.256. The highest BCUT2D eigenvalue weighted by molar-refractivity contribution is 8.23. The Balaban J connectivity index is 1.74. The second-order valence-electron chi connectivity index (χ2n) is 6.59. The number of nitrogens with zero attached hydrogens (tertiary/aromatic N) is 1. The van der Waals surface area contributed by atoms with Crippen LogP contribution in [0.25, 0.3) is 0 Å². The fourth-order valence-electron chi connectivity index (χ4n) is 3.94. The molecule has 136 valence electrons. The summed E-state index contributed by atoms with van der Waals surface area (Å²) in [5, 5.41) is 0.336. The zero-order valence-corrected chi connectivity index (χ0v) is 16.4. The maximum Gasteiger partial charge on any atom is 0.223 e. The topological polar surface area (TPSA) is 38.8 Å². The predicted molar refractivity (Wildman–Crippen MR) is 105 cm³/mol. The molecule has 1 aromatic carbocycles. The number of benzene rings is 1. The number of carbonyl (C=O) groups excluding carboxylic acids is 1. The van der Waals surface area contributed by atoms with Gasteiger partial charge in [-0.1, -0.05) is 30.3 Å². The number of amides is 1. The molecule has 1 saturated heterocycles. The first-order chi connectivity index (χ1) is 12.1. The van der Waals surface area contributed by atoms with E-state index in [1.165, 1.54) is 0 Å². The van der Waals surface area contributed by atoms with E-state index in [1.54, 1.807) is 18.9 Å². The second-order valence-corrected chi connectivity index (χ2v) is 8.44. The first-order valence-corrected chi connectivity index (χ1v) is 10.2. The van der Waals surface area contributed by atoms with Crippen LogP contribution < -0.4 is 4.74 Å². The third-order valence-corrected chi connectivity index (χ3v) is 6.60. The van der Waals surface area contributed by atoms with Crippen molar-refractivity contribution >= 4 is 34.3 Å². The van der Waals surface area contributed by atoms with Gasteiger partial charge >= 0.3 is 0 Å². The van der Waals surface area contributed by atoms with Gasteiger partial charge in [-0.2, -0.15) is 0 Å². The van der Waals surface area contributed by atoms with Crippen LogP contribution in [-0.2, 0) is 16.1 Å². The molecule has 0 bridgehead atoms. The number of thiocarbonyl (C=S) groups is 1. The molecule has 1 aliphatic carbocycles. The average molecular weight is 380 g/mol. The molecular formula is C19H25NO3S2. The minimum Gasteiger partial charge on any atom is -0.497 e. The van der Waals surface area contributed by atoms with Crippen molar-refractivity contribution < 1.29 is 14.3 Å². The Bertz CT molecular complexity index is 620. The molecule has 1 saturated carbocycles. The maximum atomic E-state index is 12.7. The van der Waals surface area contributed by atoms with Crippen LogP contribution in [0.2, 0.25) is 0 Å². The molecule has 0 N–H and O–H groups in total. The van der Waals surface area contributed by atoms with Crippen molar-refractivity contribution in [1.29, 1.82) is 0 Å². The molecule has 6 heteroatoms. The Kier molecular flexibility index (Phi) is 6.23. The average Bonchev–Trinajstić information content (AvgIpc) is 2.92. The van der Waals surface area contributed by atoms with Gasteiger partial charge in [0.2, 0.25) is 10.3 Å². The molecule has 25 heavy (non-hydrogen) atoms. The third-order valence-electron chi connectivity index (χ3n) is 5.07. The Hall–Kier alpha value is -1.27. The van der Waals surface area contributed by atoms with E-state index in [4.69, 9.17) is 21.7 Å².